The lowest BCUT2D eigenvalue weighted by Gasteiger charge is -2.37. The zero-order valence-corrected chi connectivity index (χ0v) is 14.1. The Labute approximate surface area is 128 Å². The Balaban J connectivity index is 2.10. The third kappa shape index (κ3) is 4.22. The van der Waals surface area contributed by atoms with E-state index in [4.69, 9.17) is 9.97 Å². The first-order chi connectivity index (χ1) is 10.0. The van der Waals surface area contributed by atoms with Crippen LogP contribution in [0, 0.1) is 13.8 Å². The van der Waals surface area contributed by atoms with Crippen LogP contribution in [0.5, 0.6) is 0 Å². The van der Waals surface area contributed by atoms with E-state index in [2.05, 4.69) is 43.1 Å². The van der Waals surface area contributed by atoms with Crippen LogP contribution in [0.3, 0.4) is 0 Å². The zero-order valence-electron chi connectivity index (χ0n) is 14.1. The molecule has 1 unspecified atom stereocenters. The van der Waals surface area contributed by atoms with Gasteiger partial charge in [-0.1, -0.05) is 0 Å². The van der Waals surface area contributed by atoms with Crippen molar-refractivity contribution in [3.8, 4) is 0 Å². The molecule has 118 valence electrons. The molecule has 0 radical (unpaired) electrons. The largest absolute Gasteiger partial charge is 0.319 e. The number of aryl methyl sites for hydroxylation is 2. The molecule has 0 amide bonds. The van der Waals surface area contributed by atoms with Gasteiger partial charge >= 0.3 is 0 Å². The van der Waals surface area contributed by atoms with Crippen LogP contribution >= 0.6 is 0 Å². The molecular weight excluding hydrogens is 262 g/mol. The lowest BCUT2D eigenvalue weighted by molar-refractivity contribution is 0.113. The second-order valence-electron chi connectivity index (χ2n) is 6.24. The summed E-state index contributed by atoms with van der Waals surface area (Å²) in [6, 6.07) is 0.519. The maximum atomic E-state index is 4.76. The van der Waals surface area contributed by atoms with E-state index in [1.165, 1.54) is 5.56 Å². The van der Waals surface area contributed by atoms with Crippen LogP contribution in [-0.2, 0) is 12.8 Å². The first kappa shape index (κ1) is 16.3. The van der Waals surface area contributed by atoms with E-state index in [1.54, 1.807) is 0 Å². The van der Waals surface area contributed by atoms with Gasteiger partial charge in [-0.2, -0.15) is 0 Å². The van der Waals surface area contributed by atoms with Crippen LogP contribution in [0.4, 0.5) is 0 Å². The molecule has 0 bridgehead atoms. The maximum absolute atomic E-state index is 4.76. The van der Waals surface area contributed by atoms with Gasteiger partial charge in [0.2, 0.25) is 0 Å². The molecule has 0 saturated carbocycles. The van der Waals surface area contributed by atoms with Gasteiger partial charge < -0.3 is 15.1 Å². The summed E-state index contributed by atoms with van der Waals surface area (Å²) >= 11 is 0. The number of rotatable bonds is 5. The van der Waals surface area contributed by atoms with Crippen molar-refractivity contribution in [3.05, 3.63) is 22.8 Å². The number of nitrogens with zero attached hydrogens (tertiary/aromatic N) is 4. The first-order valence-corrected chi connectivity index (χ1v) is 7.87. The summed E-state index contributed by atoms with van der Waals surface area (Å²) in [5, 5.41) is 3.19. The molecule has 2 rings (SSSR count). The monoisotopic (exact) mass is 291 g/mol. The lowest BCUT2D eigenvalue weighted by Crippen LogP contribution is -2.51. The van der Waals surface area contributed by atoms with E-state index < -0.39 is 0 Å². The maximum Gasteiger partial charge on any atom is 0.130 e. The van der Waals surface area contributed by atoms with Crippen molar-refractivity contribution in [2.75, 3.05) is 47.3 Å². The van der Waals surface area contributed by atoms with Crippen LogP contribution in [-0.4, -0.2) is 73.1 Å². The van der Waals surface area contributed by atoms with Crippen molar-refractivity contribution >= 4 is 0 Å². The molecule has 5 nitrogen and oxygen atoms in total. The average Bonchev–Trinajstić information content (AvgIpc) is 2.42. The molecule has 1 saturated heterocycles. The normalized spacial score (nSPS) is 20.9. The highest BCUT2D eigenvalue weighted by molar-refractivity contribution is 5.25. The molecule has 1 N–H and O–H groups in total. The molecule has 21 heavy (non-hydrogen) atoms. The first-order valence-electron chi connectivity index (χ1n) is 7.87. The fourth-order valence-corrected chi connectivity index (χ4v) is 3.04. The summed E-state index contributed by atoms with van der Waals surface area (Å²) in [5.41, 5.74) is 3.57. The number of likely N-dealkylation sites (N-methyl/N-ethyl adjacent to an activating group) is 3. The second-order valence-corrected chi connectivity index (χ2v) is 6.24. The minimum atomic E-state index is 0.519. The predicted octanol–water partition coefficient (Wildman–Crippen LogP) is 0.644. The predicted molar refractivity (Wildman–Crippen MR) is 86.8 cm³/mol. The van der Waals surface area contributed by atoms with Crippen molar-refractivity contribution in [2.24, 2.45) is 0 Å². The highest BCUT2D eigenvalue weighted by Gasteiger charge is 2.23. The summed E-state index contributed by atoms with van der Waals surface area (Å²) in [7, 11) is 6.38. The third-order valence-electron chi connectivity index (χ3n) is 4.49. The van der Waals surface area contributed by atoms with Crippen LogP contribution in [0.15, 0.2) is 0 Å². The van der Waals surface area contributed by atoms with Crippen LogP contribution in [0.25, 0.3) is 0 Å². The van der Waals surface area contributed by atoms with Gasteiger partial charge in [-0.3, -0.25) is 0 Å². The Kier molecular flexibility index (Phi) is 5.67. The molecule has 1 aromatic rings. The Bertz CT molecular complexity index is 451. The van der Waals surface area contributed by atoms with Crippen LogP contribution < -0.4 is 5.32 Å². The molecule has 1 aliphatic heterocycles. The number of hydrogen-bond acceptors (Lipinski definition) is 5. The molecule has 2 heterocycles. The number of aromatic nitrogens is 2. The molecular formula is C16H29N5. The summed E-state index contributed by atoms with van der Waals surface area (Å²) in [6.07, 6.45) is 1.94. The van der Waals surface area contributed by atoms with Gasteiger partial charge in [-0.15, -0.1) is 0 Å². The fourth-order valence-electron chi connectivity index (χ4n) is 3.04. The Morgan fingerprint density at radius 2 is 1.81 bits per heavy atom. The van der Waals surface area contributed by atoms with Crippen molar-refractivity contribution in [1.82, 2.24) is 25.1 Å². The van der Waals surface area contributed by atoms with E-state index in [1.807, 2.05) is 7.05 Å². The van der Waals surface area contributed by atoms with E-state index >= 15 is 0 Å². The lowest BCUT2D eigenvalue weighted by atomic mass is 10.1. The van der Waals surface area contributed by atoms with Crippen LogP contribution in [0.2, 0.25) is 0 Å². The molecule has 5 heteroatoms. The Morgan fingerprint density at radius 1 is 1.14 bits per heavy atom. The SMILES string of the molecule is CNCCc1c(C)nc(CC2CN(C)CCN2C)nc1C. The van der Waals surface area contributed by atoms with Gasteiger partial charge in [-0.25, -0.2) is 9.97 Å². The van der Waals surface area contributed by atoms with Gasteiger partial charge in [0.1, 0.15) is 5.82 Å². The quantitative estimate of drug-likeness (QED) is 0.863. The van der Waals surface area contributed by atoms with Crippen molar-refractivity contribution in [1.29, 1.82) is 0 Å². The average molecular weight is 291 g/mol. The number of piperazine rings is 1. The highest BCUT2D eigenvalue weighted by atomic mass is 15.3. The number of nitrogens with one attached hydrogen (secondary N) is 1. The molecule has 1 aromatic heterocycles. The topological polar surface area (TPSA) is 44.3 Å². The highest BCUT2D eigenvalue weighted by Crippen LogP contribution is 2.14. The van der Waals surface area contributed by atoms with E-state index in [0.717, 1.165) is 56.2 Å². The summed E-state index contributed by atoms with van der Waals surface area (Å²) in [6.45, 7) is 8.56. The van der Waals surface area contributed by atoms with Gasteiger partial charge in [-0.05, 0) is 53.5 Å². The summed E-state index contributed by atoms with van der Waals surface area (Å²) in [5.74, 6) is 0.991. The summed E-state index contributed by atoms with van der Waals surface area (Å²) < 4.78 is 0. The molecule has 1 atom stereocenters. The molecule has 0 spiro atoms. The van der Waals surface area contributed by atoms with Gasteiger partial charge in [0.15, 0.2) is 0 Å². The minimum absolute atomic E-state index is 0.519. The van der Waals surface area contributed by atoms with E-state index in [9.17, 15) is 0 Å². The minimum Gasteiger partial charge on any atom is -0.319 e. The van der Waals surface area contributed by atoms with Crippen molar-refractivity contribution in [2.45, 2.75) is 32.7 Å². The molecule has 0 aliphatic carbocycles. The number of hydrogen-bond donors (Lipinski definition) is 1. The summed E-state index contributed by atoms with van der Waals surface area (Å²) in [4.78, 5) is 14.3. The molecule has 1 aliphatic rings. The molecule has 0 aromatic carbocycles. The zero-order chi connectivity index (χ0) is 15.4. The van der Waals surface area contributed by atoms with Crippen LogP contribution in [0.1, 0.15) is 22.8 Å². The second kappa shape index (κ2) is 7.29. The van der Waals surface area contributed by atoms with Crippen molar-refractivity contribution in [3.63, 3.8) is 0 Å². The fraction of sp³-hybridized carbons (Fsp3) is 0.750. The van der Waals surface area contributed by atoms with Crippen molar-refractivity contribution < 1.29 is 0 Å². The standard InChI is InChI=1S/C16H29N5/c1-12-15(6-7-17-3)13(2)19-16(18-12)10-14-11-20(4)8-9-21(14)5/h14,17H,6-11H2,1-5H3. The van der Waals surface area contributed by atoms with E-state index in [0.29, 0.717) is 6.04 Å². The van der Waals surface area contributed by atoms with E-state index in [-0.39, 0.29) is 0 Å². The van der Waals surface area contributed by atoms with Gasteiger partial charge in [0.05, 0.1) is 0 Å². The molecule has 1 fully saturated rings. The Morgan fingerprint density at radius 3 is 2.43 bits per heavy atom. The van der Waals surface area contributed by atoms with Gasteiger partial charge in [0.25, 0.3) is 0 Å². The van der Waals surface area contributed by atoms with Gasteiger partial charge in [0, 0.05) is 43.5 Å². The third-order valence-corrected chi connectivity index (χ3v) is 4.49. The Hall–Kier alpha value is -1.04. The smallest absolute Gasteiger partial charge is 0.130 e.